The highest BCUT2D eigenvalue weighted by Crippen LogP contribution is 2.44. The van der Waals surface area contributed by atoms with E-state index in [0.717, 1.165) is 56.4 Å². The molecule has 2 aliphatic heterocycles. The Bertz CT molecular complexity index is 1980. The SMILES string of the molecule is Cc1c(-c2ccc(C3CC(CN4CCC(CO)CC4)C3)cc2)cc(C(F)F)c2cn(C(C(=O)Nc3nccs3)c3ncn4c3C[C@@H](F)C4)nc12. The quantitative estimate of drug-likeness (QED) is 0.164. The maximum Gasteiger partial charge on any atom is 0.264 e. The van der Waals surface area contributed by atoms with E-state index in [4.69, 9.17) is 5.10 Å². The summed E-state index contributed by atoms with van der Waals surface area (Å²) in [5.74, 6) is 1.12. The molecule has 2 aromatic carbocycles. The van der Waals surface area contributed by atoms with Crippen molar-refractivity contribution in [2.24, 2.45) is 11.8 Å². The molecule has 0 bridgehead atoms. The third-order valence-corrected chi connectivity index (χ3v) is 11.7. The van der Waals surface area contributed by atoms with Gasteiger partial charge in [-0.2, -0.15) is 5.10 Å². The first-order chi connectivity index (χ1) is 24.2. The number of fused-ring (bicyclic) bond motifs is 2. The molecule has 262 valence electrons. The Labute approximate surface area is 292 Å². The summed E-state index contributed by atoms with van der Waals surface area (Å²) in [6.07, 6.45) is 5.22. The van der Waals surface area contributed by atoms with Crippen LogP contribution in [0.4, 0.5) is 18.3 Å². The lowest BCUT2D eigenvalue weighted by Gasteiger charge is -2.41. The second-order valence-electron chi connectivity index (χ2n) is 14.2. The zero-order valence-electron chi connectivity index (χ0n) is 27.8. The molecule has 0 spiro atoms. The molecule has 0 radical (unpaired) electrons. The van der Waals surface area contributed by atoms with E-state index in [-0.39, 0.29) is 23.9 Å². The Kier molecular flexibility index (Phi) is 8.98. The maximum absolute atomic E-state index is 14.7. The number of nitrogens with one attached hydrogen (secondary N) is 1. The molecule has 1 saturated heterocycles. The monoisotopic (exact) mass is 703 g/mol. The van der Waals surface area contributed by atoms with E-state index in [2.05, 4.69) is 32.3 Å². The van der Waals surface area contributed by atoms with E-state index in [1.165, 1.54) is 40.2 Å². The molecule has 2 atom stereocenters. The molecule has 1 amide bonds. The molecule has 50 heavy (non-hydrogen) atoms. The minimum Gasteiger partial charge on any atom is -0.396 e. The number of rotatable bonds is 10. The molecule has 3 aromatic heterocycles. The van der Waals surface area contributed by atoms with Crippen LogP contribution in [0.15, 0.2) is 54.4 Å². The molecule has 13 heteroatoms. The Balaban J connectivity index is 1.07. The molecule has 1 saturated carbocycles. The van der Waals surface area contributed by atoms with E-state index in [9.17, 15) is 23.1 Å². The van der Waals surface area contributed by atoms with Crippen LogP contribution in [0.2, 0.25) is 0 Å². The topological polar surface area (TPSA) is 101 Å². The lowest BCUT2D eigenvalue weighted by Crippen LogP contribution is -2.40. The number of hydrogen-bond acceptors (Lipinski definition) is 7. The van der Waals surface area contributed by atoms with Crippen molar-refractivity contribution < 1.29 is 23.1 Å². The Morgan fingerprint density at radius 1 is 1.12 bits per heavy atom. The molecule has 1 aliphatic carbocycles. The molecule has 9 nitrogen and oxygen atoms in total. The van der Waals surface area contributed by atoms with Gasteiger partial charge in [0, 0.05) is 54.0 Å². The van der Waals surface area contributed by atoms with Crippen molar-refractivity contribution in [3.05, 3.63) is 82.5 Å². The van der Waals surface area contributed by atoms with Crippen molar-refractivity contribution in [2.45, 2.75) is 70.1 Å². The van der Waals surface area contributed by atoms with Crippen LogP contribution in [0.25, 0.3) is 22.0 Å². The summed E-state index contributed by atoms with van der Waals surface area (Å²) in [6, 6.07) is 8.66. The summed E-state index contributed by atoms with van der Waals surface area (Å²) >= 11 is 1.25. The molecule has 5 aromatic rings. The summed E-state index contributed by atoms with van der Waals surface area (Å²) < 4.78 is 46.9. The Hall–Kier alpha value is -4.07. The van der Waals surface area contributed by atoms with Gasteiger partial charge in [0.25, 0.3) is 12.3 Å². The van der Waals surface area contributed by atoms with Gasteiger partial charge in [-0.3, -0.25) is 14.8 Å². The number of aryl methyl sites for hydroxylation is 1. The summed E-state index contributed by atoms with van der Waals surface area (Å²) in [7, 11) is 0. The number of piperidine rings is 1. The Morgan fingerprint density at radius 2 is 1.90 bits per heavy atom. The highest BCUT2D eigenvalue weighted by Gasteiger charge is 2.36. The van der Waals surface area contributed by atoms with Crippen LogP contribution in [0.1, 0.15) is 72.1 Å². The number of aliphatic hydroxyl groups excluding tert-OH is 1. The fourth-order valence-electron chi connectivity index (χ4n) is 8.12. The predicted octanol–water partition coefficient (Wildman–Crippen LogP) is 6.92. The van der Waals surface area contributed by atoms with Crippen molar-refractivity contribution in [2.75, 3.05) is 31.6 Å². The third kappa shape index (κ3) is 6.24. The van der Waals surface area contributed by atoms with Crippen LogP contribution in [0, 0.1) is 18.8 Å². The first-order valence-corrected chi connectivity index (χ1v) is 18.3. The fourth-order valence-corrected chi connectivity index (χ4v) is 8.65. The molecule has 3 aliphatic rings. The van der Waals surface area contributed by atoms with Gasteiger partial charge in [-0.05, 0) is 91.8 Å². The van der Waals surface area contributed by atoms with Crippen LogP contribution in [0.5, 0.6) is 0 Å². The van der Waals surface area contributed by atoms with Gasteiger partial charge in [0.1, 0.15) is 6.17 Å². The van der Waals surface area contributed by atoms with Gasteiger partial charge in [-0.15, -0.1) is 11.3 Å². The molecule has 2 fully saturated rings. The van der Waals surface area contributed by atoms with Crippen molar-refractivity contribution in [1.29, 1.82) is 0 Å². The summed E-state index contributed by atoms with van der Waals surface area (Å²) in [5, 5.41) is 19.4. The normalized spacial score (nSPS) is 21.8. The number of nitrogens with zero attached hydrogens (tertiary/aromatic N) is 6. The second kappa shape index (κ2) is 13.6. The zero-order valence-corrected chi connectivity index (χ0v) is 28.6. The van der Waals surface area contributed by atoms with Crippen LogP contribution in [0.3, 0.4) is 0 Å². The molecular formula is C37H40F3N7O2S. The van der Waals surface area contributed by atoms with Gasteiger partial charge >= 0.3 is 0 Å². The fraction of sp³-hybridized carbons (Fsp3) is 0.459. The summed E-state index contributed by atoms with van der Waals surface area (Å²) in [4.78, 5) is 25.0. The van der Waals surface area contributed by atoms with Crippen LogP contribution < -0.4 is 5.32 Å². The van der Waals surface area contributed by atoms with Crippen LogP contribution in [-0.4, -0.2) is 72.6 Å². The molecule has 8 rings (SSSR count). The van der Waals surface area contributed by atoms with Gasteiger partial charge < -0.3 is 14.6 Å². The van der Waals surface area contributed by atoms with Crippen LogP contribution >= 0.6 is 11.3 Å². The largest absolute Gasteiger partial charge is 0.396 e. The highest BCUT2D eigenvalue weighted by molar-refractivity contribution is 7.13. The number of benzene rings is 2. The van der Waals surface area contributed by atoms with E-state index in [1.54, 1.807) is 16.1 Å². The number of carbonyl (C=O) groups is 1. The number of aliphatic hydroxyl groups is 1. The van der Waals surface area contributed by atoms with Crippen LogP contribution in [-0.2, 0) is 17.8 Å². The number of imidazole rings is 1. The van der Waals surface area contributed by atoms with E-state index in [0.29, 0.717) is 52.0 Å². The van der Waals surface area contributed by atoms with Crippen molar-refractivity contribution in [1.82, 2.24) is 29.2 Å². The average molecular weight is 704 g/mol. The van der Waals surface area contributed by atoms with E-state index >= 15 is 0 Å². The number of alkyl halides is 3. The Morgan fingerprint density at radius 3 is 2.60 bits per heavy atom. The summed E-state index contributed by atoms with van der Waals surface area (Å²) in [5.41, 5.74) is 4.60. The minimum atomic E-state index is -2.78. The van der Waals surface area contributed by atoms with Gasteiger partial charge in [-0.1, -0.05) is 24.3 Å². The molecule has 2 N–H and O–H groups in total. The lowest BCUT2D eigenvalue weighted by molar-refractivity contribution is -0.118. The number of thiazole rings is 1. The smallest absolute Gasteiger partial charge is 0.264 e. The first kappa shape index (κ1) is 33.1. The maximum atomic E-state index is 14.7. The molecule has 1 unspecified atom stereocenters. The van der Waals surface area contributed by atoms with Gasteiger partial charge in [0.15, 0.2) is 11.2 Å². The van der Waals surface area contributed by atoms with E-state index < -0.39 is 24.5 Å². The number of aromatic nitrogens is 5. The summed E-state index contributed by atoms with van der Waals surface area (Å²) in [6.45, 7) is 5.55. The van der Waals surface area contributed by atoms with Gasteiger partial charge in [0.05, 0.1) is 24.1 Å². The third-order valence-electron chi connectivity index (χ3n) is 11.0. The minimum absolute atomic E-state index is 0.102. The number of likely N-dealkylation sites (tertiary alicyclic amines) is 1. The number of amides is 1. The molecule has 5 heterocycles. The van der Waals surface area contributed by atoms with Crippen molar-refractivity contribution in [3.8, 4) is 11.1 Å². The number of anilines is 1. The first-order valence-electron chi connectivity index (χ1n) is 17.4. The number of hydrogen-bond donors (Lipinski definition) is 2. The average Bonchev–Trinajstić information content (AvgIpc) is 3.90. The molecular weight excluding hydrogens is 664 g/mol. The lowest BCUT2D eigenvalue weighted by atomic mass is 9.71. The second-order valence-corrected chi connectivity index (χ2v) is 15.0. The van der Waals surface area contributed by atoms with Gasteiger partial charge in [-0.25, -0.2) is 23.1 Å². The van der Waals surface area contributed by atoms with Crippen molar-refractivity contribution >= 4 is 33.3 Å². The predicted molar refractivity (Wildman–Crippen MR) is 186 cm³/mol. The number of carbonyl (C=O) groups excluding carboxylic acids is 1. The highest BCUT2D eigenvalue weighted by atomic mass is 32.1. The standard InChI is InChI=1S/C37H40F3N7O2S/c1-21-28(25-4-2-24(3-5-25)26-12-23(13-26)16-45-9-6-22(19-48)7-10-45)15-29(35(39)40)30-18-47(44-32(21)30)34(36(49)43-37-41-8-11-50-37)33-31-14-27(38)17-46(31)20-42-33/h2-5,8,11,15,18,20,22-23,26-27,34-35,48H,6-7,9-10,12-14,16-17,19H2,1H3,(H,41,43,49)/t23?,26?,27-,34?/m1/s1. The van der Waals surface area contributed by atoms with Crippen molar-refractivity contribution in [3.63, 3.8) is 0 Å². The number of halogens is 3. The van der Waals surface area contributed by atoms with Gasteiger partial charge in [0.2, 0.25) is 0 Å². The zero-order chi connectivity index (χ0) is 34.5. The van der Waals surface area contributed by atoms with E-state index in [1.807, 2.05) is 19.1 Å².